The minimum Gasteiger partial charge on any atom is -0.456 e. The number of nitrogens with one attached hydrogen (secondary N) is 1. The summed E-state index contributed by atoms with van der Waals surface area (Å²) in [7, 11) is 0. The van der Waals surface area contributed by atoms with Gasteiger partial charge >= 0.3 is 12.4 Å². The van der Waals surface area contributed by atoms with Gasteiger partial charge in [-0.25, -0.2) is 19.6 Å². The molecule has 11 nitrogen and oxygen atoms in total. The molecule has 0 radical (unpaired) electrons. The number of carbonyl (C=O) groups excluding carboxylic acids is 1. The first-order valence-corrected chi connectivity index (χ1v) is 18.5. The molecule has 10 rings (SSSR count). The lowest BCUT2D eigenvalue weighted by Crippen LogP contribution is -2.76. The van der Waals surface area contributed by atoms with E-state index in [1.165, 1.54) is 6.92 Å². The molecule has 1 N–H and O–H groups in total. The van der Waals surface area contributed by atoms with Crippen molar-refractivity contribution in [2.75, 3.05) is 13.2 Å². The highest BCUT2D eigenvalue weighted by molar-refractivity contribution is 5.95. The number of alkyl halides is 6. The molecule has 0 aromatic carbocycles. The average molecular weight is 756 g/mol. The first kappa shape index (κ1) is 37.2. The van der Waals surface area contributed by atoms with Crippen molar-refractivity contribution in [1.29, 1.82) is 0 Å². The molecule has 294 valence electrons. The van der Waals surface area contributed by atoms with Crippen LogP contribution in [0.4, 0.5) is 26.3 Å². The van der Waals surface area contributed by atoms with E-state index in [2.05, 4.69) is 5.32 Å². The summed E-state index contributed by atoms with van der Waals surface area (Å²) in [5.41, 5.74) is -3.39. The lowest BCUT2D eigenvalue weighted by atomic mass is 9.57. The van der Waals surface area contributed by atoms with E-state index in [0.717, 1.165) is 0 Å². The van der Waals surface area contributed by atoms with Crippen LogP contribution in [0.2, 0.25) is 0 Å². The fourth-order valence-electron chi connectivity index (χ4n) is 11.0. The zero-order valence-corrected chi connectivity index (χ0v) is 29.8. The maximum absolute atomic E-state index is 15.2. The number of fused-ring (bicyclic) bond motifs is 4. The van der Waals surface area contributed by atoms with Crippen LogP contribution >= 0.6 is 0 Å². The fraction of sp³-hybridized carbons (Fsp3) is 0.914. The Bertz CT molecular complexity index is 1480. The van der Waals surface area contributed by atoms with E-state index < -0.39 is 95.1 Å². The minimum atomic E-state index is -5.04. The van der Waals surface area contributed by atoms with Gasteiger partial charge < -0.3 is 29.0 Å². The summed E-state index contributed by atoms with van der Waals surface area (Å²) < 4.78 is 118. The molecule has 2 aliphatic carbocycles. The number of amides is 1. The summed E-state index contributed by atoms with van der Waals surface area (Å²) in [6.07, 6.45) is -9.39. The first-order valence-electron chi connectivity index (χ1n) is 18.5. The van der Waals surface area contributed by atoms with Crippen molar-refractivity contribution in [3.63, 3.8) is 0 Å². The van der Waals surface area contributed by atoms with Crippen LogP contribution in [0.3, 0.4) is 0 Å². The minimum absolute atomic E-state index is 0.0209. The Hall–Kier alpha value is -1.73. The normalized spacial score (nSPS) is 49.7. The molecule has 52 heavy (non-hydrogen) atoms. The average Bonchev–Trinajstić information content (AvgIpc) is 3.44. The Balaban J connectivity index is 1.00. The van der Waals surface area contributed by atoms with Gasteiger partial charge in [-0.1, -0.05) is 20.8 Å². The van der Waals surface area contributed by atoms with Gasteiger partial charge in [0.2, 0.25) is 23.6 Å². The second kappa shape index (κ2) is 12.1. The van der Waals surface area contributed by atoms with E-state index in [1.54, 1.807) is 13.8 Å². The van der Waals surface area contributed by atoms with E-state index in [0.29, 0.717) is 44.9 Å². The topological polar surface area (TPSA) is 112 Å². The van der Waals surface area contributed by atoms with Gasteiger partial charge in [-0.05, 0) is 76.5 Å². The summed E-state index contributed by atoms with van der Waals surface area (Å²) >= 11 is 0. The second-order valence-electron chi connectivity index (χ2n) is 16.7. The standard InChI is InChI=1S/C35H47F6NO10/c1-17-7-9-22-19(3)33(35(39,40)41,48-28-31(22)20(17)11-14-30(5,47-28)50-51-31)44-16-6-15-42-26(43)24-23-10-8-18(2)21-12-13-29(4)46-27(32(21,23)52-49-29)45-25(24)34(36,37)38/h17-23,27-28H,6-16H2,1-5H3,(H,42,43)/t17-,18-,19-,20?,21?,22+,23+,27-,28+,29?,30-,31?,32-,33-/m1/s1. The molecule has 0 aromatic heterocycles. The van der Waals surface area contributed by atoms with Gasteiger partial charge in [0.05, 0.1) is 12.2 Å². The highest BCUT2D eigenvalue weighted by Crippen LogP contribution is 2.65. The Labute approximate surface area is 297 Å². The lowest BCUT2D eigenvalue weighted by molar-refractivity contribution is -0.598. The quantitative estimate of drug-likeness (QED) is 0.178. The fourth-order valence-corrected chi connectivity index (χ4v) is 11.0. The van der Waals surface area contributed by atoms with Gasteiger partial charge in [0, 0.05) is 43.1 Å². The molecular formula is C35H47F6NO10. The summed E-state index contributed by atoms with van der Waals surface area (Å²) in [4.78, 5) is 37.0. The van der Waals surface area contributed by atoms with E-state index in [4.69, 9.17) is 43.2 Å². The highest BCUT2D eigenvalue weighted by Gasteiger charge is 2.77. The summed E-state index contributed by atoms with van der Waals surface area (Å²) in [5, 5.41) is 2.48. The molecule has 10 aliphatic rings. The molecule has 0 aromatic rings. The van der Waals surface area contributed by atoms with Crippen molar-refractivity contribution in [3.8, 4) is 0 Å². The zero-order chi connectivity index (χ0) is 37.3. The Morgan fingerprint density at radius 2 is 1.37 bits per heavy atom. The predicted octanol–water partition coefficient (Wildman–Crippen LogP) is 6.71. The monoisotopic (exact) mass is 755 g/mol. The van der Waals surface area contributed by atoms with Crippen molar-refractivity contribution in [3.05, 3.63) is 11.3 Å². The van der Waals surface area contributed by atoms with E-state index >= 15 is 13.2 Å². The molecule has 1 amide bonds. The number of allylic oxidation sites excluding steroid dienone is 1. The predicted molar refractivity (Wildman–Crippen MR) is 162 cm³/mol. The van der Waals surface area contributed by atoms with Crippen LogP contribution in [0.15, 0.2) is 11.3 Å². The van der Waals surface area contributed by atoms with Crippen LogP contribution in [0.5, 0.6) is 0 Å². The van der Waals surface area contributed by atoms with E-state index in [1.807, 2.05) is 13.8 Å². The number of hydrogen-bond acceptors (Lipinski definition) is 10. The van der Waals surface area contributed by atoms with Crippen molar-refractivity contribution in [1.82, 2.24) is 5.32 Å². The Morgan fingerprint density at radius 3 is 2.00 bits per heavy atom. The van der Waals surface area contributed by atoms with Gasteiger partial charge in [0.1, 0.15) is 0 Å². The molecule has 4 bridgehead atoms. The Kier molecular flexibility index (Phi) is 8.68. The summed E-state index contributed by atoms with van der Waals surface area (Å²) in [5.74, 6) is -11.6. The largest absolute Gasteiger partial charge is 0.456 e. The van der Waals surface area contributed by atoms with Crippen LogP contribution in [0.25, 0.3) is 0 Å². The van der Waals surface area contributed by atoms with E-state index in [9.17, 15) is 18.0 Å². The number of halogens is 6. The van der Waals surface area contributed by atoms with Gasteiger partial charge in [0.25, 0.3) is 11.7 Å². The van der Waals surface area contributed by atoms with Crippen LogP contribution in [-0.4, -0.2) is 72.6 Å². The van der Waals surface area contributed by atoms with Crippen LogP contribution in [0, 0.1) is 41.4 Å². The highest BCUT2D eigenvalue weighted by atomic mass is 19.4. The van der Waals surface area contributed by atoms with Gasteiger partial charge in [-0.3, -0.25) is 4.79 Å². The lowest BCUT2D eigenvalue weighted by Gasteiger charge is -2.62. The van der Waals surface area contributed by atoms with Gasteiger partial charge in [-0.2, -0.15) is 26.3 Å². The molecular weight excluding hydrogens is 708 g/mol. The SMILES string of the molecule is C[C@@H]1CC[C@H]2[C@@H](C)[C@](OCCCNC(=O)C3=C(C(F)(F)F)O[C@@H]4OC5(C)CCC6[C@H](C)CC[C@@H]3[C@]64OO5)(C(F)(F)F)O[C@@H]3O[C@@]4(C)CCC1C32OO4. The van der Waals surface area contributed by atoms with Crippen molar-refractivity contribution < 1.29 is 74.4 Å². The molecule has 4 unspecified atom stereocenters. The van der Waals surface area contributed by atoms with Gasteiger partial charge in [0.15, 0.2) is 17.5 Å². The van der Waals surface area contributed by atoms with Crippen LogP contribution < -0.4 is 5.32 Å². The molecule has 7 saturated heterocycles. The number of rotatable bonds is 6. The number of ether oxygens (including phenoxy) is 5. The summed E-state index contributed by atoms with van der Waals surface area (Å²) in [6.45, 7) is 7.80. The van der Waals surface area contributed by atoms with Crippen molar-refractivity contribution in [2.45, 2.75) is 146 Å². The summed E-state index contributed by atoms with van der Waals surface area (Å²) in [6, 6.07) is 0. The van der Waals surface area contributed by atoms with Crippen LogP contribution in [-0.2, 0) is 48.0 Å². The van der Waals surface area contributed by atoms with Crippen LogP contribution in [0.1, 0.15) is 92.4 Å². The number of hydrogen-bond donors (Lipinski definition) is 1. The second-order valence-corrected chi connectivity index (χ2v) is 16.7. The Morgan fingerprint density at radius 1 is 0.769 bits per heavy atom. The first-order chi connectivity index (χ1) is 24.3. The third kappa shape index (κ3) is 5.25. The van der Waals surface area contributed by atoms with E-state index in [-0.39, 0.29) is 43.1 Å². The molecule has 14 atom stereocenters. The molecule has 8 aliphatic heterocycles. The van der Waals surface area contributed by atoms with Gasteiger partial charge in [-0.15, -0.1) is 0 Å². The molecule has 8 heterocycles. The number of carbonyl (C=O) groups is 1. The molecule has 2 spiro atoms. The maximum atomic E-state index is 15.2. The maximum Gasteiger partial charge on any atom is 0.449 e. The van der Waals surface area contributed by atoms with Crippen molar-refractivity contribution in [2.24, 2.45) is 41.4 Å². The third-order valence-electron chi connectivity index (χ3n) is 13.6. The molecule has 17 heteroatoms. The molecule has 2 saturated carbocycles. The smallest absolute Gasteiger partial charge is 0.449 e. The molecule has 9 fully saturated rings. The third-order valence-corrected chi connectivity index (χ3v) is 13.6. The zero-order valence-electron chi connectivity index (χ0n) is 29.8. The van der Waals surface area contributed by atoms with Crippen molar-refractivity contribution >= 4 is 5.91 Å².